The topological polar surface area (TPSA) is 56.1 Å². The molecule has 0 aliphatic heterocycles. The summed E-state index contributed by atoms with van der Waals surface area (Å²) in [5.74, 6) is 0.237. The van der Waals surface area contributed by atoms with Crippen LogP contribution in [0.4, 0.5) is 4.39 Å². The Bertz CT molecular complexity index is 1500. The molecule has 0 saturated carbocycles. The Hall–Kier alpha value is -4.45. The Morgan fingerprint density at radius 1 is 0.974 bits per heavy atom. The summed E-state index contributed by atoms with van der Waals surface area (Å²) in [5, 5.41) is 4.13. The van der Waals surface area contributed by atoms with E-state index >= 15 is 0 Å². The lowest BCUT2D eigenvalue weighted by Gasteiger charge is -2.17. The van der Waals surface area contributed by atoms with Gasteiger partial charge in [-0.05, 0) is 59.2 Å². The van der Waals surface area contributed by atoms with Crippen LogP contribution in [-0.4, -0.2) is 29.1 Å². The van der Waals surface area contributed by atoms with Crippen molar-refractivity contribution >= 4 is 16.8 Å². The number of carbonyl (C=O) groups excluding carboxylic acids is 1. The van der Waals surface area contributed by atoms with Gasteiger partial charge in [-0.15, -0.1) is 0 Å². The molecule has 1 amide bonds. The van der Waals surface area contributed by atoms with E-state index in [-0.39, 0.29) is 24.1 Å². The second kappa shape index (κ2) is 11.7. The fourth-order valence-corrected chi connectivity index (χ4v) is 4.85. The third kappa shape index (κ3) is 5.92. The van der Waals surface area contributed by atoms with Crippen molar-refractivity contribution in [1.29, 1.82) is 0 Å². The number of pyridine rings is 1. The lowest BCUT2D eigenvalue weighted by molar-refractivity contribution is -0.121. The molecule has 0 bridgehead atoms. The molecule has 38 heavy (non-hydrogen) atoms. The first-order chi connectivity index (χ1) is 18.6. The van der Waals surface area contributed by atoms with E-state index in [2.05, 4.69) is 45.3 Å². The first-order valence-electron chi connectivity index (χ1n) is 12.7. The molecule has 0 spiro atoms. The number of halogens is 1. The Morgan fingerprint density at radius 2 is 1.74 bits per heavy atom. The molecule has 0 fully saturated rings. The standard InChI is InChI=1S/C32H30FN3O2/c1-38-27-15-9-23(10-16-27)21-36-22-30(28-7-2-3-8-31(28)36)29(24-11-13-25(33)14-12-24)20-32(37)35-19-17-26-6-4-5-18-34-26/h2-16,18,22,29H,17,19-21H2,1H3,(H,35,37)/t29-/m1/s1. The third-order valence-electron chi connectivity index (χ3n) is 6.80. The number of nitrogens with zero attached hydrogens (tertiary/aromatic N) is 2. The summed E-state index contributed by atoms with van der Waals surface area (Å²) in [7, 11) is 1.66. The number of fused-ring (bicyclic) bond motifs is 1. The number of hydrogen-bond donors (Lipinski definition) is 1. The van der Waals surface area contributed by atoms with E-state index in [1.807, 2.05) is 42.5 Å². The molecular weight excluding hydrogens is 477 g/mol. The molecule has 1 N–H and O–H groups in total. The van der Waals surface area contributed by atoms with Crippen LogP contribution in [-0.2, 0) is 17.8 Å². The molecule has 0 unspecified atom stereocenters. The molecule has 2 heterocycles. The number of hydrogen-bond acceptors (Lipinski definition) is 3. The van der Waals surface area contributed by atoms with Crippen LogP contribution in [0.5, 0.6) is 5.75 Å². The van der Waals surface area contributed by atoms with Crippen molar-refractivity contribution in [1.82, 2.24) is 14.9 Å². The largest absolute Gasteiger partial charge is 0.497 e. The van der Waals surface area contributed by atoms with Gasteiger partial charge in [0, 0.05) is 60.8 Å². The number of methoxy groups -OCH3 is 1. The molecule has 1 atom stereocenters. The highest BCUT2D eigenvalue weighted by atomic mass is 19.1. The zero-order valence-corrected chi connectivity index (χ0v) is 21.3. The van der Waals surface area contributed by atoms with Crippen molar-refractivity contribution in [3.63, 3.8) is 0 Å². The van der Waals surface area contributed by atoms with Gasteiger partial charge in [0.1, 0.15) is 11.6 Å². The average molecular weight is 508 g/mol. The lowest BCUT2D eigenvalue weighted by Crippen LogP contribution is -2.27. The van der Waals surface area contributed by atoms with E-state index in [9.17, 15) is 9.18 Å². The minimum Gasteiger partial charge on any atom is -0.497 e. The first kappa shape index (κ1) is 25.2. The molecule has 6 heteroatoms. The van der Waals surface area contributed by atoms with Crippen molar-refractivity contribution < 1.29 is 13.9 Å². The highest BCUT2D eigenvalue weighted by molar-refractivity contribution is 5.86. The van der Waals surface area contributed by atoms with Crippen molar-refractivity contribution in [2.24, 2.45) is 0 Å². The van der Waals surface area contributed by atoms with Crippen LogP contribution < -0.4 is 10.1 Å². The van der Waals surface area contributed by atoms with Crippen LogP contribution in [0.3, 0.4) is 0 Å². The maximum atomic E-state index is 13.8. The van der Waals surface area contributed by atoms with Gasteiger partial charge in [0.05, 0.1) is 7.11 Å². The van der Waals surface area contributed by atoms with Crippen molar-refractivity contribution in [3.05, 3.63) is 132 Å². The van der Waals surface area contributed by atoms with Crippen LogP contribution >= 0.6 is 0 Å². The summed E-state index contributed by atoms with van der Waals surface area (Å²) in [6, 6.07) is 28.5. The number of nitrogens with one attached hydrogen (secondary N) is 1. The monoisotopic (exact) mass is 507 g/mol. The Morgan fingerprint density at radius 3 is 2.47 bits per heavy atom. The molecule has 5 aromatic rings. The van der Waals surface area contributed by atoms with Crippen LogP contribution in [0.2, 0.25) is 0 Å². The van der Waals surface area contributed by atoms with E-state index in [4.69, 9.17) is 4.74 Å². The molecule has 0 radical (unpaired) electrons. The van der Waals surface area contributed by atoms with E-state index in [1.54, 1.807) is 25.4 Å². The number of aromatic nitrogens is 2. The Balaban J connectivity index is 1.43. The second-order valence-electron chi connectivity index (χ2n) is 9.31. The summed E-state index contributed by atoms with van der Waals surface area (Å²) in [6.45, 7) is 1.18. The van der Waals surface area contributed by atoms with Gasteiger partial charge in [-0.3, -0.25) is 9.78 Å². The average Bonchev–Trinajstić information content (AvgIpc) is 3.31. The van der Waals surface area contributed by atoms with Gasteiger partial charge in [0.25, 0.3) is 0 Å². The second-order valence-corrected chi connectivity index (χ2v) is 9.31. The van der Waals surface area contributed by atoms with E-state index in [0.29, 0.717) is 19.5 Å². The van der Waals surface area contributed by atoms with Crippen LogP contribution in [0.1, 0.15) is 34.7 Å². The summed E-state index contributed by atoms with van der Waals surface area (Å²) in [4.78, 5) is 17.5. The molecule has 0 aliphatic rings. The van der Waals surface area contributed by atoms with Gasteiger partial charge in [-0.2, -0.15) is 0 Å². The van der Waals surface area contributed by atoms with Gasteiger partial charge in [-0.25, -0.2) is 4.39 Å². The first-order valence-corrected chi connectivity index (χ1v) is 12.7. The number of benzene rings is 3. The molecule has 0 saturated heterocycles. The van der Waals surface area contributed by atoms with E-state index in [1.165, 1.54) is 12.1 Å². The quantitative estimate of drug-likeness (QED) is 0.248. The predicted molar refractivity (Wildman–Crippen MR) is 148 cm³/mol. The zero-order valence-electron chi connectivity index (χ0n) is 21.3. The SMILES string of the molecule is COc1ccc(Cn2cc([C@H](CC(=O)NCCc3ccccn3)c3ccc(F)cc3)c3ccccc32)cc1. The molecule has 0 aliphatic carbocycles. The van der Waals surface area contributed by atoms with Crippen molar-refractivity contribution in [3.8, 4) is 5.75 Å². The van der Waals surface area contributed by atoms with Gasteiger partial charge in [0.15, 0.2) is 0 Å². The normalized spacial score (nSPS) is 11.8. The molecular formula is C32H30FN3O2. The van der Waals surface area contributed by atoms with Gasteiger partial charge in [-0.1, -0.05) is 48.5 Å². The number of ether oxygens (including phenoxy) is 1. The molecule has 5 nitrogen and oxygen atoms in total. The smallest absolute Gasteiger partial charge is 0.220 e. The molecule has 5 rings (SSSR count). The van der Waals surface area contributed by atoms with Gasteiger partial charge < -0.3 is 14.6 Å². The maximum absolute atomic E-state index is 13.8. The van der Waals surface area contributed by atoms with Crippen LogP contribution in [0.25, 0.3) is 10.9 Å². The third-order valence-corrected chi connectivity index (χ3v) is 6.80. The van der Waals surface area contributed by atoms with Crippen LogP contribution in [0.15, 0.2) is 103 Å². The van der Waals surface area contributed by atoms with E-state index in [0.717, 1.165) is 39.0 Å². The van der Waals surface area contributed by atoms with Gasteiger partial charge >= 0.3 is 0 Å². The summed E-state index contributed by atoms with van der Waals surface area (Å²) in [5.41, 5.74) is 5.10. The maximum Gasteiger partial charge on any atom is 0.220 e. The highest BCUT2D eigenvalue weighted by Gasteiger charge is 2.23. The fraction of sp³-hybridized carbons (Fsp3) is 0.188. The summed E-state index contributed by atoms with van der Waals surface area (Å²) < 4.78 is 21.3. The molecule has 192 valence electrons. The Kier molecular flexibility index (Phi) is 7.78. The minimum absolute atomic E-state index is 0.0535. The van der Waals surface area contributed by atoms with Crippen LogP contribution in [0, 0.1) is 5.82 Å². The van der Waals surface area contributed by atoms with Gasteiger partial charge in [0.2, 0.25) is 5.91 Å². The lowest BCUT2D eigenvalue weighted by atomic mass is 9.88. The minimum atomic E-state index is -0.297. The highest BCUT2D eigenvalue weighted by Crippen LogP contribution is 2.35. The fourth-order valence-electron chi connectivity index (χ4n) is 4.85. The Labute approximate surface area is 221 Å². The summed E-state index contributed by atoms with van der Waals surface area (Å²) >= 11 is 0. The molecule has 3 aromatic carbocycles. The van der Waals surface area contributed by atoms with Crippen molar-refractivity contribution in [2.75, 3.05) is 13.7 Å². The predicted octanol–water partition coefficient (Wildman–Crippen LogP) is 6.11. The number of amides is 1. The molecule has 2 aromatic heterocycles. The zero-order chi connectivity index (χ0) is 26.3. The number of para-hydroxylation sites is 1. The van der Waals surface area contributed by atoms with Crippen molar-refractivity contribution in [2.45, 2.75) is 25.3 Å². The summed E-state index contributed by atoms with van der Waals surface area (Å²) in [6.07, 6.45) is 4.80. The number of rotatable bonds is 10. The van der Waals surface area contributed by atoms with E-state index < -0.39 is 0 Å². The number of carbonyl (C=O) groups is 1.